The third kappa shape index (κ3) is 1.84. The molecule has 0 radical (unpaired) electrons. The molecule has 4 rings (SSSR count). The van der Waals surface area contributed by atoms with Crippen molar-refractivity contribution in [1.82, 2.24) is 4.98 Å². The summed E-state index contributed by atoms with van der Waals surface area (Å²) in [6.07, 6.45) is 1.75. The Morgan fingerprint density at radius 3 is 2.64 bits per heavy atom. The number of pyridine rings is 1. The zero-order valence-corrected chi connectivity index (χ0v) is 12.1. The van der Waals surface area contributed by atoms with Gasteiger partial charge in [0.05, 0.1) is 19.3 Å². The number of carbonyl (C=O) groups excluding carboxylic acids is 1. The summed E-state index contributed by atoms with van der Waals surface area (Å²) in [7, 11) is 1.59. The number of anilines is 1. The predicted molar refractivity (Wildman–Crippen MR) is 85.3 cm³/mol. The first-order valence-electron chi connectivity index (χ1n) is 7.10. The van der Waals surface area contributed by atoms with E-state index in [1.54, 1.807) is 18.2 Å². The van der Waals surface area contributed by atoms with Gasteiger partial charge in [0.15, 0.2) is 0 Å². The molecule has 0 bridgehead atoms. The number of rotatable bonds is 3. The Hall–Kier alpha value is -2.88. The van der Waals surface area contributed by atoms with Gasteiger partial charge in [-0.3, -0.25) is 4.79 Å². The van der Waals surface area contributed by atoms with Crippen LogP contribution in [0.15, 0.2) is 54.7 Å². The van der Waals surface area contributed by atoms with Crippen LogP contribution in [0.5, 0.6) is 5.88 Å². The highest BCUT2D eigenvalue weighted by Crippen LogP contribution is 2.37. The van der Waals surface area contributed by atoms with Gasteiger partial charge < -0.3 is 9.64 Å². The molecule has 1 aromatic heterocycles. The molecule has 1 amide bonds. The minimum atomic E-state index is 0.0441. The number of hydrogen-bond acceptors (Lipinski definition) is 3. The van der Waals surface area contributed by atoms with Gasteiger partial charge in [-0.05, 0) is 23.1 Å². The molecule has 0 saturated carbocycles. The van der Waals surface area contributed by atoms with Crippen molar-refractivity contribution < 1.29 is 9.53 Å². The van der Waals surface area contributed by atoms with Crippen LogP contribution >= 0.6 is 0 Å². The molecule has 0 N–H and O–H groups in total. The zero-order chi connectivity index (χ0) is 15.1. The smallest absolute Gasteiger partial charge is 0.259 e. The molecule has 0 fully saturated rings. The summed E-state index contributed by atoms with van der Waals surface area (Å²) in [6, 6.07) is 15.6. The van der Waals surface area contributed by atoms with Gasteiger partial charge in [0.2, 0.25) is 5.88 Å². The lowest BCUT2D eigenvalue weighted by Crippen LogP contribution is -2.26. The van der Waals surface area contributed by atoms with Crippen molar-refractivity contribution in [1.29, 1.82) is 0 Å². The fraction of sp³-hybridized carbons (Fsp3) is 0.111. The van der Waals surface area contributed by atoms with Gasteiger partial charge in [0.1, 0.15) is 0 Å². The van der Waals surface area contributed by atoms with Gasteiger partial charge in [0, 0.05) is 23.2 Å². The molecule has 1 aliphatic rings. The van der Waals surface area contributed by atoms with Crippen LogP contribution in [0.4, 0.5) is 5.69 Å². The Kier molecular flexibility index (Phi) is 2.82. The van der Waals surface area contributed by atoms with Crippen LogP contribution < -0.4 is 9.64 Å². The summed E-state index contributed by atoms with van der Waals surface area (Å²) < 4.78 is 5.07. The Labute approximate surface area is 128 Å². The maximum absolute atomic E-state index is 12.7. The summed E-state index contributed by atoms with van der Waals surface area (Å²) >= 11 is 0. The maximum Gasteiger partial charge on any atom is 0.259 e. The number of aromatic nitrogens is 1. The molecule has 108 valence electrons. The molecule has 0 saturated heterocycles. The van der Waals surface area contributed by atoms with E-state index in [2.05, 4.69) is 4.98 Å². The topological polar surface area (TPSA) is 42.4 Å². The van der Waals surface area contributed by atoms with E-state index in [-0.39, 0.29) is 5.91 Å². The van der Waals surface area contributed by atoms with Crippen LogP contribution in [0.1, 0.15) is 15.9 Å². The van der Waals surface area contributed by atoms with Crippen LogP contribution in [-0.2, 0) is 6.54 Å². The Bertz CT molecular complexity index is 867. The minimum absolute atomic E-state index is 0.0441. The van der Waals surface area contributed by atoms with Crippen molar-refractivity contribution >= 4 is 22.4 Å². The molecule has 0 aliphatic carbocycles. The van der Waals surface area contributed by atoms with Gasteiger partial charge >= 0.3 is 0 Å². The molecule has 2 heterocycles. The number of nitrogens with zero attached hydrogens (tertiary/aromatic N) is 2. The number of ether oxygens (including phenoxy) is 1. The van der Waals surface area contributed by atoms with E-state index in [0.29, 0.717) is 12.4 Å². The first-order valence-corrected chi connectivity index (χ1v) is 7.10. The molecule has 3 aromatic rings. The zero-order valence-electron chi connectivity index (χ0n) is 12.1. The number of methoxy groups -OCH3 is 1. The highest BCUT2D eigenvalue weighted by atomic mass is 16.5. The van der Waals surface area contributed by atoms with Crippen molar-refractivity contribution in [2.75, 3.05) is 12.0 Å². The van der Waals surface area contributed by atoms with E-state index < -0.39 is 0 Å². The molecular weight excluding hydrogens is 276 g/mol. The summed E-state index contributed by atoms with van der Waals surface area (Å²) in [4.78, 5) is 18.7. The quantitative estimate of drug-likeness (QED) is 0.742. The number of amides is 1. The standard InChI is InChI=1S/C18H14N2O2/c1-22-16-9-8-12(10-19-16)11-20-15-7-3-5-13-4-2-6-14(17(13)15)18(20)21/h2-10H,11H2,1H3. The third-order valence-electron chi connectivity index (χ3n) is 4.00. The molecule has 22 heavy (non-hydrogen) atoms. The van der Waals surface area contributed by atoms with Gasteiger partial charge in [-0.25, -0.2) is 4.98 Å². The van der Waals surface area contributed by atoms with Crippen molar-refractivity contribution in [2.45, 2.75) is 6.54 Å². The van der Waals surface area contributed by atoms with Crippen molar-refractivity contribution in [3.8, 4) is 5.88 Å². The lowest BCUT2D eigenvalue weighted by atomic mass is 10.1. The number of benzene rings is 2. The lowest BCUT2D eigenvalue weighted by Gasteiger charge is -2.17. The summed E-state index contributed by atoms with van der Waals surface area (Å²) in [6.45, 7) is 0.504. The number of hydrogen-bond donors (Lipinski definition) is 0. The van der Waals surface area contributed by atoms with Crippen LogP contribution in [0.25, 0.3) is 10.8 Å². The van der Waals surface area contributed by atoms with Crippen LogP contribution in [-0.4, -0.2) is 18.0 Å². The molecule has 0 unspecified atom stereocenters. The molecule has 0 spiro atoms. The summed E-state index contributed by atoms with van der Waals surface area (Å²) in [5.74, 6) is 0.615. The molecule has 1 aliphatic heterocycles. The van der Waals surface area contributed by atoms with Gasteiger partial charge in [0.25, 0.3) is 5.91 Å². The Morgan fingerprint density at radius 2 is 1.91 bits per heavy atom. The van der Waals surface area contributed by atoms with E-state index in [1.807, 2.05) is 48.5 Å². The molecule has 0 atom stereocenters. The van der Waals surface area contributed by atoms with Crippen LogP contribution in [0.2, 0.25) is 0 Å². The molecular formula is C18H14N2O2. The maximum atomic E-state index is 12.7. The van der Waals surface area contributed by atoms with Crippen molar-refractivity contribution in [3.05, 3.63) is 65.9 Å². The van der Waals surface area contributed by atoms with Crippen molar-refractivity contribution in [3.63, 3.8) is 0 Å². The predicted octanol–water partition coefficient (Wildman–Crippen LogP) is 3.40. The Balaban J connectivity index is 1.75. The molecule has 4 heteroatoms. The van der Waals surface area contributed by atoms with Gasteiger partial charge in [-0.15, -0.1) is 0 Å². The SMILES string of the molecule is COc1ccc(CN2C(=O)c3cccc4cccc2c34)cn1. The van der Waals surface area contributed by atoms with E-state index in [0.717, 1.165) is 27.6 Å². The fourth-order valence-corrected chi connectivity index (χ4v) is 2.94. The second-order valence-corrected chi connectivity index (χ2v) is 5.28. The fourth-order valence-electron chi connectivity index (χ4n) is 2.94. The van der Waals surface area contributed by atoms with E-state index in [1.165, 1.54) is 0 Å². The van der Waals surface area contributed by atoms with Crippen LogP contribution in [0, 0.1) is 0 Å². The normalized spacial score (nSPS) is 13.0. The van der Waals surface area contributed by atoms with Gasteiger partial charge in [-0.1, -0.05) is 30.3 Å². The second-order valence-electron chi connectivity index (χ2n) is 5.28. The highest BCUT2D eigenvalue weighted by molar-refractivity contribution is 6.24. The highest BCUT2D eigenvalue weighted by Gasteiger charge is 2.29. The Morgan fingerprint density at radius 1 is 1.09 bits per heavy atom. The second kappa shape index (κ2) is 4.84. The monoisotopic (exact) mass is 290 g/mol. The lowest BCUT2D eigenvalue weighted by molar-refractivity contribution is 0.0991. The van der Waals surface area contributed by atoms with E-state index in [9.17, 15) is 4.79 Å². The third-order valence-corrected chi connectivity index (χ3v) is 4.00. The molecule has 2 aromatic carbocycles. The summed E-state index contributed by atoms with van der Waals surface area (Å²) in [5.41, 5.74) is 2.71. The van der Waals surface area contributed by atoms with E-state index in [4.69, 9.17) is 4.74 Å². The minimum Gasteiger partial charge on any atom is -0.481 e. The summed E-state index contributed by atoms with van der Waals surface area (Å²) in [5, 5.41) is 2.13. The largest absolute Gasteiger partial charge is 0.481 e. The first kappa shape index (κ1) is 12.8. The van der Waals surface area contributed by atoms with E-state index >= 15 is 0 Å². The molecule has 4 nitrogen and oxygen atoms in total. The van der Waals surface area contributed by atoms with Gasteiger partial charge in [-0.2, -0.15) is 0 Å². The number of carbonyl (C=O) groups is 1. The van der Waals surface area contributed by atoms with Crippen LogP contribution in [0.3, 0.4) is 0 Å². The average molecular weight is 290 g/mol. The van der Waals surface area contributed by atoms with Crippen molar-refractivity contribution in [2.24, 2.45) is 0 Å². The first-order chi connectivity index (χ1) is 10.8. The average Bonchev–Trinajstić information content (AvgIpc) is 2.84.